The fourth-order valence-corrected chi connectivity index (χ4v) is 12.5. The first-order chi connectivity index (χ1) is 43.5. The summed E-state index contributed by atoms with van der Waals surface area (Å²) >= 11 is 0. The maximum atomic E-state index is 14.6. The zero-order chi connectivity index (χ0) is 65.6. The van der Waals surface area contributed by atoms with Crippen molar-refractivity contribution in [3.8, 4) is 33.9 Å². The maximum Gasteiger partial charge on any atom is 0.254 e. The fourth-order valence-electron chi connectivity index (χ4n) is 11.1. The van der Waals surface area contributed by atoms with Gasteiger partial charge in [-0.2, -0.15) is 10.2 Å². The Labute approximate surface area is 544 Å². The highest BCUT2D eigenvalue weighted by atomic mass is 28.4. The van der Waals surface area contributed by atoms with E-state index < -0.39 is 26.1 Å². The normalized spacial score (nSPS) is 14.7. The number of carbonyl (C=O) groups is 2. The predicted molar refractivity (Wildman–Crippen MR) is 363 cm³/mol. The number of carbonyl (C=O) groups excluding carboxylic acids is 2. The number of aryl methyl sites for hydroxylation is 2. The van der Waals surface area contributed by atoms with Crippen molar-refractivity contribution in [3.63, 3.8) is 0 Å². The minimum atomic E-state index is -1.94. The standard InChI is InChI=1S/C29H36FN5O2Si.C23H22FN5O2.C16H36N.C4H8O.FH/c1-18-12-25(30)24(28(36)33-22-9-10-22)13-23(18)21-14-32-35(17-21)27-15-31-26-11-8-20(16-34(26)27)19(2)37-38(6,7)29(3,4)5;1-13-7-20(24)19(23(31)27-17-4-5-17)8-18(13)16-9-26-29(12-16)22-10-25-21-6-3-15(14(2)30)11-28(21)22;1-5-9-13-17(14-10-6-2,15-11-7-3)16-12-8-4;1-2-4-5-3-1;/h8,11-17,19,22H,9-10H2,1-7H3,(H,33,36);3,6-12,14,17,30H,4-5H2,1-2H3,(H,27,31);5-16H2,1-4H3;1-4H2;1H/q;;+1;;/p-1. The molecular formula is C72H102F3N11O5Si. The van der Waals surface area contributed by atoms with Gasteiger partial charge in [-0.3, -0.25) is 18.4 Å². The molecule has 0 spiro atoms. The molecule has 7 heterocycles. The van der Waals surface area contributed by atoms with Gasteiger partial charge in [-0.05, 0) is 180 Å². The van der Waals surface area contributed by atoms with Crippen molar-refractivity contribution in [2.45, 2.75) is 208 Å². The molecule has 16 nitrogen and oxygen atoms in total. The Morgan fingerprint density at radius 3 is 1.41 bits per heavy atom. The number of quaternary nitrogens is 1. The number of aliphatic hydroxyl groups excluding tert-OH is 1. The number of aliphatic hydroxyl groups is 1. The number of rotatable bonds is 24. The van der Waals surface area contributed by atoms with Gasteiger partial charge >= 0.3 is 0 Å². The second kappa shape index (κ2) is 32.7. The van der Waals surface area contributed by atoms with Crippen molar-refractivity contribution in [2.75, 3.05) is 39.4 Å². The van der Waals surface area contributed by atoms with Gasteiger partial charge in [-0.25, -0.2) is 28.1 Å². The minimum Gasteiger partial charge on any atom is -1.00 e. The van der Waals surface area contributed by atoms with Crippen molar-refractivity contribution in [1.29, 1.82) is 0 Å². The average molecular weight is 1290 g/mol. The van der Waals surface area contributed by atoms with Crippen molar-refractivity contribution in [1.82, 2.24) is 49.0 Å². The van der Waals surface area contributed by atoms with Gasteiger partial charge in [-0.1, -0.05) is 86.3 Å². The van der Waals surface area contributed by atoms with Gasteiger partial charge in [0.1, 0.15) is 22.9 Å². The van der Waals surface area contributed by atoms with Gasteiger partial charge in [0.25, 0.3) is 11.8 Å². The van der Waals surface area contributed by atoms with Gasteiger partial charge in [0, 0.05) is 61.2 Å². The SMILES string of the molecule is C1CCOC1.CCCC[N+](CCCC)(CCCC)CCCC.Cc1cc(F)c(C(=O)NC2CC2)cc1-c1cnn(-c2cnc3ccc(C(C)O)cn23)c1.Cc1cc(F)c(C(=O)NC2CC2)cc1-c1cnn(-c2cnc3ccc(C(C)O[Si](C)(C)C(C)(C)C)cn23)c1.[F-]. The molecule has 1 saturated heterocycles. The van der Waals surface area contributed by atoms with E-state index in [1.54, 1.807) is 53.2 Å². The van der Waals surface area contributed by atoms with E-state index in [9.17, 15) is 23.5 Å². The number of amides is 2. The quantitative estimate of drug-likeness (QED) is 0.0394. The highest BCUT2D eigenvalue weighted by molar-refractivity contribution is 6.74. The van der Waals surface area contributed by atoms with E-state index in [0.29, 0.717) is 5.82 Å². The predicted octanol–water partition coefficient (Wildman–Crippen LogP) is 13.0. The van der Waals surface area contributed by atoms with E-state index in [1.165, 1.54) is 107 Å². The monoisotopic (exact) mass is 1290 g/mol. The lowest BCUT2D eigenvalue weighted by molar-refractivity contribution is -0.929. The number of unbranched alkanes of at least 4 members (excludes halogenated alkanes) is 4. The first-order valence-electron chi connectivity index (χ1n) is 33.5. The largest absolute Gasteiger partial charge is 1.00 e. The molecule has 0 bridgehead atoms. The summed E-state index contributed by atoms with van der Waals surface area (Å²) < 4.78 is 49.4. The Morgan fingerprint density at radius 1 is 0.652 bits per heavy atom. The lowest BCUT2D eigenvalue weighted by Crippen LogP contribution is -3.00. The molecular weight excluding hydrogens is 1180 g/mol. The molecule has 2 atom stereocenters. The number of benzene rings is 2. The summed E-state index contributed by atoms with van der Waals surface area (Å²) in [6.45, 7) is 35.7. The molecule has 2 aliphatic carbocycles. The number of hydrogen-bond acceptors (Lipinski definition) is 9. The summed E-state index contributed by atoms with van der Waals surface area (Å²) in [5.74, 6) is -0.322. The number of hydrogen-bond donors (Lipinski definition) is 3. The first-order valence-corrected chi connectivity index (χ1v) is 36.5. The third-order valence-electron chi connectivity index (χ3n) is 18.2. The highest BCUT2D eigenvalue weighted by Gasteiger charge is 2.39. The first kappa shape index (κ1) is 72.5. The molecule has 8 aromatic rings. The maximum absolute atomic E-state index is 14.6. The van der Waals surface area contributed by atoms with Crippen molar-refractivity contribution in [3.05, 3.63) is 143 Å². The molecule has 20 heteroatoms. The summed E-state index contributed by atoms with van der Waals surface area (Å²) in [5.41, 5.74) is 7.98. The number of pyridine rings is 2. The van der Waals surface area contributed by atoms with E-state index in [-0.39, 0.29) is 50.9 Å². The van der Waals surface area contributed by atoms with Crippen LogP contribution >= 0.6 is 0 Å². The zero-order valence-electron chi connectivity index (χ0n) is 56.9. The molecule has 3 N–H and O–H groups in total. The molecule has 0 radical (unpaired) electrons. The second-order valence-electron chi connectivity index (χ2n) is 26.9. The number of fused-ring (bicyclic) bond motifs is 2. The molecule has 2 unspecified atom stereocenters. The zero-order valence-corrected chi connectivity index (χ0v) is 57.9. The van der Waals surface area contributed by atoms with Crippen LogP contribution in [0.2, 0.25) is 18.1 Å². The van der Waals surface area contributed by atoms with Crippen molar-refractivity contribution < 1.29 is 41.8 Å². The molecule has 92 heavy (non-hydrogen) atoms. The van der Waals surface area contributed by atoms with Crippen LogP contribution in [0.4, 0.5) is 8.78 Å². The third kappa shape index (κ3) is 18.9. The average Bonchev–Trinajstić information content (AvgIpc) is 1.74. The smallest absolute Gasteiger partial charge is 0.254 e. The summed E-state index contributed by atoms with van der Waals surface area (Å²) in [4.78, 5) is 34.0. The van der Waals surface area contributed by atoms with Crippen molar-refractivity contribution in [2.24, 2.45) is 0 Å². The molecule has 1 aliphatic heterocycles. The van der Waals surface area contributed by atoms with Crippen LogP contribution in [0.5, 0.6) is 0 Å². The van der Waals surface area contributed by atoms with E-state index in [2.05, 4.69) is 112 Å². The minimum absolute atomic E-state index is 0. The van der Waals surface area contributed by atoms with Crippen LogP contribution in [-0.2, 0) is 9.16 Å². The molecule has 6 aromatic heterocycles. The van der Waals surface area contributed by atoms with Gasteiger partial charge in [-0.15, -0.1) is 0 Å². The Balaban J connectivity index is 0.000000199. The number of nitrogens with one attached hydrogen (secondary N) is 2. The lowest BCUT2D eigenvalue weighted by atomic mass is 9.99. The van der Waals surface area contributed by atoms with Crippen LogP contribution in [0.1, 0.15) is 207 Å². The molecule has 3 fully saturated rings. The number of halogens is 3. The van der Waals surface area contributed by atoms with Gasteiger partial charge in [0.2, 0.25) is 0 Å². The molecule has 11 rings (SSSR count). The van der Waals surface area contributed by atoms with Crippen LogP contribution in [0.25, 0.3) is 45.2 Å². The van der Waals surface area contributed by atoms with Crippen LogP contribution < -0.4 is 15.3 Å². The van der Waals surface area contributed by atoms with E-state index in [1.807, 2.05) is 59.4 Å². The van der Waals surface area contributed by atoms with Gasteiger partial charge < -0.3 is 34.1 Å². The highest BCUT2D eigenvalue weighted by Crippen LogP contribution is 2.40. The third-order valence-corrected chi connectivity index (χ3v) is 22.8. The van der Waals surface area contributed by atoms with Crippen LogP contribution in [0.15, 0.2) is 98.1 Å². The lowest BCUT2D eigenvalue weighted by Gasteiger charge is -2.39. The number of imidazole rings is 2. The van der Waals surface area contributed by atoms with E-state index in [4.69, 9.17) is 9.16 Å². The fraction of sp³-hybridized carbons (Fsp3) is 0.528. The Hall–Kier alpha value is -6.97. The molecule has 500 valence electrons. The van der Waals surface area contributed by atoms with Crippen LogP contribution in [0, 0.1) is 25.5 Å². The van der Waals surface area contributed by atoms with E-state index >= 15 is 0 Å². The van der Waals surface area contributed by atoms with Gasteiger partial charge in [0.15, 0.2) is 20.0 Å². The number of nitrogens with zero attached hydrogens (tertiary/aromatic N) is 9. The summed E-state index contributed by atoms with van der Waals surface area (Å²) in [7, 11) is -1.94. The summed E-state index contributed by atoms with van der Waals surface area (Å²) in [5, 5.41) is 24.8. The summed E-state index contributed by atoms with van der Waals surface area (Å²) in [6.07, 6.45) is 31.2. The molecule has 2 aromatic carbocycles. The Morgan fingerprint density at radius 2 is 1.05 bits per heavy atom. The van der Waals surface area contributed by atoms with Crippen molar-refractivity contribution >= 4 is 31.4 Å². The summed E-state index contributed by atoms with van der Waals surface area (Å²) in [6, 6.07) is 14.0. The number of ether oxygens (including phenoxy) is 1. The molecule has 3 aliphatic rings. The number of aromatic nitrogens is 8. The molecule has 2 saturated carbocycles. The Bertz CT molecular complexity index is 3640. The topological polar surface area (TPSA) is 167 Å². The van der Waals surface area contributed by atoms with E-state index in [0.717, 1.165) is 101 Å². The Kier molecular flexibility index (Phi) is 25.8. The van der Waals surface area contributed by atoms with Gasteiger partial charge in [0.05, 0.1) is 74.3 Å². The van der Waals surface area contributed by atoms with Crippen LogP contribution in [0.3, 0.4) is 0 Å². The molecule has 2 amide bonds. The second-order valence-corrected chi connectivity index (χ2v) is 31.7. The van der Waals surface area contributed by atoms with Crippen LogP contribution in [-0.4, -0.2) is 120 Å².